The number of ether oxygens (including phenoxy) is 2. The molecule has 6 rings (SSSR count). The highest BCUT2D eigenvalue weighted by molar-refractivity contribution is 9.10. The van der Waals surface area contributed by atoms with Crippen LogP contribution in [0.1, 0.15) is 18.4 Å². The van der Waals surface area contributed by atoms with Gasteiger partial charge in [0.25, 0.3) is 0 Å². The van der Waals surface area contributed by atoms with Crippen LogP contribution in [-0.2, 0) is 16.1 Å². The zero-order chi connectivity index (χ0) is 21.9. The number of piperidine rings is 1. The molecule has 2 saturated heterocycles. The molecule has 5 atom stereocenters. The van der Waals surface area contributed by atoms with Crippen LogP contribution in [0.4, 0.5) is 0 Å². The van der Waals surface area contributed by atoms with Crippen molar-refractivity contribution in [2.24, 2.45) is 17.8 Å². The first-order valence-electron chi connectivity index (χ1n) is 10.6. The molecule has 2 bridgehead atoms. The van der Waals surface area contributed by atoms with Gasteiger partial charge in [-0.15, -0.1) is 6.58 Å². The minimum Gasteiger partial charge on any atom is -0.454 e. The molecule has 7 nitrogen and oxygen atoms in total. The number of aliphatic hydroxyl groups is 1. The molecule has 2 amide bonds. The van der Waals surface area contributed by atoms with E-state index in [4.69, 9.17) is 9.47 Å². The molecule has 0 saturated carbocycles. The van der Waals surface area contributed by atoms with Crippen LogP contribution in [0.15, 0.2) is 40.9 Å². The van der Waals surface area contributed by atoms with E-state index in [-0.39, 0.29) is 55.1 Å². The number of amides is 2. The summed E-state index contributed by atoms with van der Waals surface area (Å²) in [7, 11) is 1.58. The van der Waals surface area contributed by atoms with Gasteiger partial charge in [0.1, 0.15) is 0 Å². The number of hydrogen-bond donors (Lipinski definition) is 1. The predicted octanol–water partition coefficient (Wildman–Crippen LogP) is 2.48. The molecule has 164 valence electrons. The Morgan fingerprint density at radius 2 is 1.90 bits per heavy atom. The van der Waals surface area contributed by atoms with Crippen LogP contribution in [-0.4, -0.2) is 59.3 Å². The second-order valence-corrected chi connectivity index (χ2v) is 9.42. The average Bonchev–Trinajstić information content (AvgIpc) is 3.31. The van der Waals surface area contributed by atoms with E-state index in [0.29, 0.717) is 24.5 Å². The second kappa shape index (κ2) is 7.76. The summed E-state index contributed by atoms with van der Waals surface area (Å²) in [5, 5.41) is 9.35. The van der Waals surface area contributed by atoms with E-state index in [1.165, 1.54) is 4.90 Å². The lowest BCUT2D eigenvalue weighted by atomic mass is 9.62. The van der Waals surface area contributed by atoms with Crippen LogP contribution in [0.5, 0.6) is 11.5 Å². The van der Waals surface area contributed by atoms with Gasteiger partial charge in [0.2, 0.25) is 18.6 Å². The minimum absolute atomic E-state index is 0.0782. The number of carbonyl (C=O) groups is 2. The molecule has 8 heteroatoms. The van der Waals surface area contributed by atoms with Crippen molar-refractivity contribution in [2.75, 3.05) is 20.4 Å². The summed E-state index contributed by atoms with van der Waals surface area (Å²) < 4.78 is 11.9. The van der Waals surface area contributed by atoms with Gasteiger partial charge in [-0.3, -0.25) is 19.4 Å². The number of aliphatic hydroxyl groups excluding tert-OH is 1. The van der Waals surface area contributed by atoms with E-state index in [9.17, 15) is 14.7 Å². The van der Waals surface area contributed by atoms with E-state index >= 15 is 0 Å². The third-order valence-corrected chi connectivity index (χ3v) is 7.82. The fourth-order valence-corrected chi connectivity index (χ4v) is 6.15. The molecule has 5 aliphatic rings. The van der Waals surface area contributed by atoms with Crippen LogP contribution in [0.25, 0.3) is 0 Å². The van der Waals surface area contributed by atoms with E-state index in [0.717, 1.165) is 22.0 Å². The maximum absolute atomic E-state index is 13.0. The molecular formula is C23H25BrN2O5. The Kier molecular flexibility index (Phi) is 5.19. The topological polar surface area (TPSA) is 79.3 Å². The summed E-state index contributed by atoms with van der Waals surface area (Å²) in [6, 6.07) is 3.60. The van der Waals surface area contributed by atoms with Crippen LogP contribution < -0.4 is 9.47 Å². The Hall–Kier alpha value is -2.16. The number of fused-ring (bicyclic) bond motifs is 2. The first-order valence-corrected chi connectivity index (χ1v) is 11.3. The number of rotatable bonds is 6. The van der Waals surface area contributed by atoms with Crippen molar-refractivity contribution in [1.29, 1.82) is 0 Å². The molecule has 31 heavy (non-hydrogen) atoms. The summed E-state index contributed by atoms with van der Waals surface area (Å²) >= 11 is 3.64. The molecule has 4 aliphatic heterocycles. The van der Waals surface area contributed by atoms with Crippen LogP contribution in [0.2, 0.25) is 0 Å². The highest BCUT2D eigenvalue weighted by atomic mass is 79.9. The molecule has 1 N–H and O–H groups in total. The minimum atomic E-state index is -0.385. The Balaban J connectivity index is 1.55. The van der Waals surface area contributed by atoms with E-state index in [2.05, 4.69) is 33.5 Å². The zero-order valence-electron chi connectivity index (χ0n) is 17.3. The van der Waals surface area contributed by atoms with Gasteiger partial charge >= 0.3 is 0 Å². The fourth-order valence-electron chi connectivity index (χ4n) is 5.71. The molecule has 0 radical (unpaired) electrons. The lowest BCUT2D eigenvalue weighted by Crippen LogP contribution is -2.61. The van der Waals surface area contributed by atoms with Gasteiger partial charge < -0.3 is 14.6 Å². The largest absolute Gasteiger partial charge is 0.454 e. The Morgan fingerprint density at radius 3 is 2.61 bits per heavy atom. The summed E-state index contributed by atoms with van der Waals surface area (Å²) in [5.74, 6) is 0.341. The summed E-state index contributed by atoms with van der Waals surface area (Å²) in [6.07, 6.45) is 5.42. The van der Waals surface area contributed by atoms with Crippen molar-refractivity contribution in [1.82, 2.24) is 9.80 Å². The third-order valence-electron chi connectivity index (χ3n) is 7.08. The zero-order valence-corrected chi connectivity index (χ0v) is 18.9. The highest BCUT2D eigenvalue weighted by Crippen LogP contribution is 2.52. The number of carbonyl (C=O) groups excluding carboxylic acids is 2. The Morgan fingerprint density at radius 1 is 1.19 bits per heavy atom. The van der Waals surface area contributed by atoms with Gasteiger partial charge in [-0.05, 0) is 30.5 Å². The van der Waals surface area contributed by atoms with E-state index in [1.54, 1.807) is 7.05 Å². The van der Waals surface area contributed by atoms with E-state index < -0.39 is 0 Å². The van der Waals surface area contributed by atoms with E-state index in [1.807, 2.05) is 18.2 Å². The van der Waals surface area contributed by atoms with Crippen LogP contribution in [0.3, 0.4) is 0 Å². The number of imide groups is 1. The summed E-state index contributed by atoms with van der Waals surface area (Å²) in [6.45, 7) is 4.97. The first kappa shape index (κ1) is 20.7. The molecule has 0 aromatic heterocycles. The maximum Gasteiger partial charge on any atom is 0.234 e. The summed E-state index contributed by atoms with van der Waals surface area (Å²) in [4.78, 5) is 29.6. The molecule has 2 fully saturated rings. The van der Waals surface area contributed by atoms with Crippen molar-refractivity contribution in [2.45, 2.75) is 31.5 Å². The Labute approximate surface area is 189 Å². The molecule has 5 unspecified atom stereocenters. The van der Waals surface area contributed by atoms with Crippen molar-refractivity contribution < 1.29 is 24.2 Å². The molecule has 1 aromatic rings. The number of benzene rings is 1. The lowest BCUT2D eigenvalue weighted by Gasteiger charge is -2.54. The van der Waals surface area contributed by atoms with Gasteiger partial charge in [-0.1, -0.05) is 33.7 Å². The summed E-state index contributed by atoms with van der Waals surface area (Å²) in [5.41, 5.74) is 2.18. The number of hydrogen-bond acceptors (Lipinski definition) is 6. The average molecular weight is 489 g/mol. The van der Waals surface area contributed by atoms with Crippen molar-refractivity contribution in [3.63, 3.8) is 0 Å². The first-order chi connectivity index (χ1) is 15.0. The molecule has 4 heterocycles. The van der Waals surface area contributed by atoms with Crippen molar-refractivity contribution >= 4 is 27.7 Å². The van der Waals surface area contributed by atoms with Crippen LogP contribution in [0, 0.1) is 17.8 Å². The number of halogens is 1. The van der Waals surface area contributed by atoms with Gasteiger partial charge in [0.05, 0.1) is 11.8 Å². The third kappa shape index (κ3) is 3.07. The molecular weight excluding hydrogens is 464 g/mol. The standard InChI is InChI=1S/C23H25BrN2O5/c1-3-15-19-12(5-4-6-27)7-16(20-21(19)23(29)25(2)22(20)28)26(15)10-13-8-17-18(9-14(13)24)31-11-30-17/h3,7-9,15-16,19-21,27H,1,4-6,10-11H2,2H3. The van der Waals surface area contributed by atoms with Crippen molar-refractivity contribution in [3.05, 3.63) is 46.5 Å². The molecule has 1 aliphatic carbocycles. The number of nitrogens with zero attached hydrogens (tertiary/aromatic N) is 2. The normalized spacial score (nSPS) is 31.3. The fraction of sp³-hybridized carbons (Fsp3) is 0.478. The molecule has 0 spiro atoms. The van der Waals surface area contributed by atoms with Gasteiger partial charge in [-0.2, -0.15) is 0 Å². The Bertz CT molecular complexity index is 992. The van der Waals surface area contributed by atoms with Gasteiger partial charge in [0, 0.05) is 42.7 Å². The second-order valence-electron chi connectivity index (χ2n) is 8.57. The quantitative estimate of drug-likeness (QED) is 0.489. The highest BCUT2D eigenvalue weighted by Gasteiger charge is 2.62. The predicted molar refractivity (Wildman–Crippen MR) is 116 cm³/mol. The molecule has 1 aromatic carbocycles. The lowest BCUT2D eigenvalue weighted by molar-refractivity contribution is -0.138. The van der Waals surface area contributed by atoms with Crippen molar-refractivity contribution in [3.8, 4) is 11.5 Å². The van der Waals surface area contributed by atoms with Crippen LogP contribution >= 0.6 is 15.9 Å². The van der Waals surface area contributed by atoms with Gasteiger partial charge in [-0.25, -0.2) is 0 Å². The van der Waals surface area contributed by atoms with Gasteiger partial charge in [0.15, 0.2) is 11.5 Å². The monoisotopic (exact) mass is 488 g/mol. The number of likely N-dealkylation sites (tertiary alicyclic amines) is 1. The smallest absolute Gasteiger partial charge is 0.234 e. The maximum atomic E-state index is 13.0. The SMILES string of the molecule is C=CC1C2C(CCCO)=CC(C3C(=O)N(C)C(=O)C32)N1Cc1cc2c(cc1Br)OCO2.